The molecule has 0 heterocycles. The van der Waals surface area contributed by atoms with Crippen LogP contribution in [0.2, 0.25) is 0 Å². The predicted molar refractivity (Wildman–Crippen MR) is 136 cm³/mol. The Morgan fingerprint density at radius 2 is 0.969 bits per heavy atom. The summed E-state index contributed by atoms with van der Waals surface area (Å²) in [6.45, 7) is 10.6. The van der Waals surface area contributed by atoms with Crippen molar-refractivity contribution in [3.63, 3.8) is 0 Å². The van der Waals surface area contributed by atoms with Gasteiger partial charge >= 0.3 is 0 Å². The molecule has 2 rings (SSSR count). The molecule has 0 amide bonds. The van der Waals surface area contributed by atoms with Gasteiger partial charge in [0.1, 0.15) is 11.5 Å². The Morgan fingerprint density at radius 3 is 1.31 bits per heavy atom. The molecule has 2 aromatic carbocycles. The molecule has 174 valence electrons. The maximum absolute atomic E-state index is 5.80. The molecule has 0 aliphatic heterocycles. The van der Waals surface area contributed by atoms with Gasteiger partial charge in [0.25, 0.3) is 0 Å². The minimum absolute atomic E-state index is 0.763. The summed E-state index contributed by atoms with van der Waals surface area (Å²) >= 11 is 0. The number of hydrogen-bond acceptors (Lipinski definition) is 4. The first kappa shape index (κ1) is 25.6. The van der Waals surface area contributed by atoms with E-state index < -0.39 is 0 Å². The summed E-state index contributed by atoms with van der Waals surface area (Å²) in [5, 5.41) is 8.30. The van der Waals surface area contributed by atoms with Gasteiger partial charge in [-0.15, -0.1) is 0 Å². The Kier molecular flexibility index (Phi) is 12.2. The molecule has 0 saturated heterocycles. The number of nitrogens with zero attached hydrogens (tertiary/aromatic N) is 2. The van der Waals surface area contributed by atoms with E-state index >= 15 is 0 Å². The first-order valence-corrected chi connectivity index (χ1v) is 12.0. The topological polar surface area (TPSA) is 43.2 Å². The van der Waals surface area contributed by atoms with Gasteiger partial charge in [0.15, 0.2) is 0 Å². The van der Waals surface area contributed by atoms with Crippen LogP contribution < -0.4 is 9.47 Å². The Hall–Kier alpha value is -2.62. The van der Waals surface area contributed by atoms with Crippen LogP contribution in [-0.2, 0) is 0 Å². The molecule has 0 bridgehead atoms. The van der Waals surface area contributed by atoms with Crippen LogP contribution in [0.4, 0.5) is 0 Å². The SMILES string of the molecule is CC(C)CCCCOc1ccc(/C=N/N=C/c2ccc(OCCCCC(C)C)cc2)cc1. The second kappa shape index (κ2) is 15.2. The fourth-order valence-electron chi connectivity index (χ4n) is 3.19. The number of ether oxygens (including phenoxy) is 2. The third kappa shape index (κ3) is 11.7. The summed E-state index contributed by atoms with van der Waals surface area (Å²) in [7, 11) is 0. The van der Waals surface area contributed by atoms with E-state index in [-0.39, 0.29) is 0 Å². The molecule has 0 aromatic heterocycles. The summed E-state index contributed by atoms with van der Waals surface area (Å²) in [5.74, 6) is 3.33. The number of hydrogen-bond donors (Lipinski definition) is 0. The van der Waals surface area contributed by atoms with Crippen LogP contribution >= 0.6 is 0 Å². The molecular weight excluding hydrogens is 396 g/mol. The molecule has 0 aliphatic rings. The van der Waals surface area contributed by atoms with Gasteiger partial charge in [-0.1, -0.05) is 40.5 Å². The lowest BCUT2D eigenvalue weighted by Crippen LogP contribution is -1.98. The Morgan fingerprint density at radius 1 is 0.594 bits per heavy atom. The highest BCUT2D eigenvalue weighted by atomic mass is 16.5. The Bertz CT molecular complexity index is 724. The average molecular weight is 437 g/mol. The van der Waals surface area contributed by atoms with Crippen LogP contribution in [-0.4, -0.2) is 25.6 Å². The van der Waals surface area contributed by atoms with E-state index in [0.717, 1.165) is 60.5 Å². The lowest BCUT2D eigenvalue weighted by molar-refractivity contribution is 0.301. The van der Waals surface area contributed by atoms with E-state index in [1.165, 1.54) is 25.7 Å². The van der Waals surface area contributed by atoms with Crippen LogP contribution in [0.1, 0.15) is 77.3 Å². The predicted octanol–water partition coefficient (Wildman–Crippen LogP) is 7.55. The van der Waals surface area contributed by atoms with Crippen molar-refractivity contribution in [2.45, 2.75) is 66.2 Å². The molecule has 0 unspecified atom stereocenters. The van der Waals surface area contributed by atoms with E-state index in [9.17, 15) is 0 Å². The first-order chi connectivity index (χ1) is 15.5. The Labute approximate surface area is 194 Å². The van der Waals surface area contributed by atoms with Crippen molar-refractivity contribution >= 4 is 12.4 Å². The molecule has 4 nitrogen and oxygen atoms in total. The molecule has 0 aliphatic carbocycles. The molecule has 0 N–H and O–H groups in total. The lowest BCUT2D eigenvalue weighted by Gasteiger charge is -2.07. The monoisotopic (exact) mass is 436 g/mol. The average Bonchev–Trinajstić information content (AvgIpc) is 2.78. The fourth-order valence-corrected chi connectivity index (χ4v) is 3.19. The molecule has 0 atom stereocenters. The van der Waals surface area contributed by atoms with Crippen LogP contribution in [0.3, 0.4) is 0 Å². The van der Waals surface area contributed by atoms with E-state index in [4.69, 9.17) is 9.47 Å². The van der Waals surface area contributed by atoms with Crippen LogP contribution in [0.25, 0.3) is 0 Å². The summed E-state index contributed by atoms with van der Waals surface area (Å²) in [6, 6.07) is 15.9. The number of rotatable bonds is 15. The lowest BCUT2D eigenvalue weighted by atomic mass is 10.1. The van der Waals surface area contributed by atoms with E-state index in [0.29, 0.717) is 0 Å². The number of benzene rings is 2. The zero-order valence-electron chi connectivity index (χ0n) is 20.3. The third-order valence-corrected chi connectivity index (χ3v) is 5.13. The second-order valence-electron chi connectivity index (χ2n) is 9.10. The quantitative estimate of drug-likeness (QED) is 0.164. The zero-order chi connectivity index (χ0) is 23.0. The van der Waals surface area contributed by atoms with Crippen molar-refractivity contribution in [2.75, 3.05) is 13.2 Å². The van der Waals surface area contributed by atoms with E-state index in [2.05, 4.69) is 37.9 Å². The van der Waals surface area contributed by atoms with Gasteiger partial charge in [0.05, 0.1) is 25.6 Å². The van der Waals surface area contributed by atoms with Crippen molar-refractivity contribution in [3.05, 3.63) is 59.7 Å². The van der Waals surface area contributed by atoms with Crippen LogP contribution in [0, 0.1) is 11.8 Å². The van der Waals surface area contributed by atoms with Gasteiger partial charge < -0.3 is 9.47 Å². The molecule has 0 spiro atoms. The fraction of sp³-hybridized carbons (Fsp3) is 0.500. The molecule has 2 aromatic rings. The zero-order valence-corrected chi connectivity index (χ0v) is 20.3. The summed E-state index contributed by atoms with van der Waals surface area (Å²) in [6.07, 6.45) is 10.6. The van der Waals surface area contributed by atoms with Gasteiger partial charge in [-0.2, -0.15) is 10.2 Å². The standard InChI is InChI=1S/C28H40N2O2/c1-23(2)9-5-7-19-31-27-15-11-25(12-16-27)21-29-30-22-26-13-17-28(18-14-26)32-20-8-6-10-24(3)4/h11-18,21-24H,5-10,19-20H2,1-4H3/b29-21+,30-22+. The van der Waals surface area contributed by atoms with Gasteiger partial charge in [-0.05, 0) is 97.2 Å². The highest BCUT2D eigenvalue weighted by Gasteiger charge is 1.98. The Balaban J connectivity index is 1.68. The molecule has 32 heavy (non-hydrogen) atoms. The van der Waals surface area contributed by atoms with Gasteiger partial charge in [0, 0.05) is 0 Å². The molecule has 0 saturated carbocycles. The molecule has 0 radical (unpaired) electrons. The van der Waals surface area contributed by atoms with Crippen molar-refractivity contribution in [2.24, 2.45) is 22.0 Å². The van der Waals surface area contributed by atoms with Crippen LogP contribution in [0.15, 0.2) is 58.7 Å². The van der Waals surface area contributed by atoms with Gasteiger partial charge in [-0.3, -0.25) is 0 Å². The smallest absolute Gasteiger partial charge is 0.119 e. The third-order valence-electron chi connectivity index (χ3n) is 5.13. The minimum Gasteiger partial charge on any atom is -0.494 e. The summed E-state index contributed by atoms with van der Waals surface area (Å²) < 4.78 is 11.6. The summed E-state index contributed by atoms with van der Waals surface area (Å²) in [4.78, 5) is 0. The van der Waals surface area contributed by atoms with Crippen molar-refractivity contribution in [1.29, 1.82) is 0 Å². The highest BCUT2D eigenvalue weighted by molar-refractivity contribution is 5.82. The molecule has 4 heteroatoms. The van der Waals surface area contributed by atoms with Crippen molar-refractivity contribution < 1.29 is 9.47 Å². The van der Waals surface area contributed by atoms with Crippen molar-refractivity contribution in [1.82, 2.24) is 0 Å². The normalized spacial score (nSPS) is 11.8. The largest absolute Gasteiger partial charge is 0.494 e. The highest BCUT2D eigenvalue weighted by Crippen LogP contribution is 2.14. The van der Waals surface area contributed by atoms with E-state index in [1.54, 1.807) is 12.4 Å². The summed E-state index contributed by atoms with van der Waals surface area (Å²) in [5.41, 5.74) is 1.99. The van der Waals surface area contributed by atoms with E-state index in [1.807, 2.05) is 48.5 Å². The maximum Gasteiger partial charge on any atom is 0.119 e. The maximum atomic E-state index is 5.80. The molecule has 0 fully saturated rings. The van der Waals surface area contributed by atoms with Gasteiger partial charge in [0.2, 0.25) is 0 Å². The van der Waals surface area contributed by atoms with Crippen LogP contribution in [0.5, 0.6) is 11.5 Å². The molecular formula is C28H40N2O2. The van der Waals surface area contributed by atoms with Gasteiger partial charge in [-0.25, -0.2) is 0 Å². The minimum atomic E-state index is 0.763. The second-order valence-corrected chi connectivity index (χ2v) is 9.10. The first-order valence-electron chi connectivity index (χ1n) is 12.0. The van der Waals surface area contributed by atoms with Crippen molar-refractivity contribution in [3.8, 4) is 11.5 Å². The number of unbranched alkanes of at least 4 members (excludes halogenated alkanes) is 2.